The number of rotatable bonds is 4. The summed E-state index contributed by atoms with van der Waals surface area (Å²) in [5, 5.41) is 9.56. The first-order valence-electron chi connectivity index (χ1n) is 7.80. The smallest absolute Gasteiger partial charge is 1.00 e. The summed E-state index contributed by atoms with van der Waals surface area (Å²) in [7, 11) is 0. The molecule has 10 heteroatoms. The summed E-state index contributed by atoms with van der Waals surface area (Å²) >= 11 is 0. The van der Waals surface area contributed by atoms with E-state index in [-0.39, 0.29) is 48.5 Å². The third-order valence-electron chi connectivity index (χ3n) is 3.45. The minimum Gasteiger partial charge on any atom is -1.00 e. The molecule has 2 aliphatic rings. The van der Waals surface area contributed by atoms with E-state index in [1.54, 1.807) is 6.92 Å². The van der Waals surface area contributed by atoms with Crippen molar-refractivity contribution in [3.05, 3.63) is 31.7 Å². The van der Waals surface area contributed by atoms with Crippen molar-refractivity contribution in [2.24, 2.45) is 0 Å². The number of hydrogen-bond donors (Lipinski definition) is 1. The molecule has 0 aromatic rings. The maximum atomic E-state index is 11.1. The zero-order valence-electron chi connectivity index (χ0n) is 16.8. The van der Waals surface area contributed by atoms with E-state index in [4.69, 9.17) is 14.2 Å². The second-order valence-corrected chi connectivity index (χ2v) is 6.00. The summed E-state index contributed by atoms with van der Waals surface area (Å²) < 4.78 is 19.3. The van der Waals surface area contributed by atoms with Crippen LogP contribution in [-0.4, -0.2) is 77.3 Å². The van der Waals surface area contributed by atoms with Gasteiger partial charge in [0.1, 0.15) is 0 Å². The van der Waals surface area contributed by atoms with Crippen molar-refractivity contribution < 1.29 is 50.8 Å². The molecule has 0 saturated carbocycles. The van der Waals surface area contributed by atoms with Crippen LogP contribution in [0, 0.1) is 7.43 Å². The molecule has 2 rings (SSSR count). The summed E-state index contributed by atoms with van der Waals surface area (Å²) in [6.45, 7) is 12.1. The van der Waals surface area contributed by atoms with Crippen LogP contribution in [0.5, 0.6) is 0 Å². The summed E-state index contributed by atoms with van der Waals surface area (Å²) in [6, 6.07) is 0. The molecule has 0 aromatic heterocycles. The molecule has 3 atom stereocenters. The Hall–Kier alpha value is -1.13. The number of aliphatic hydroxyl groups is 1. The van der Waals surface area contributed by atoms with Gasteiger partial charge in [-0.05, 0) is 20.8 Å². The Kier molecular flexibility index (Phi) is 15.7. The number of halogens is 1. The van der Waals surface area contributed by atoms with Crippen LogP contribution in [0.15, 0.2) is 24.3 Å². The third kappa shape index (κ3) is 9.88. The summed E-state index contributed by atoms with van der Waals surface area (Å²) in [4.78, 5) is 32.8. The molecule has 156 valence electrons. The summed E-state index contributed by atoms with van der Waals surface area (Å²) in [6.07, 6.45) is -0.352. The monoisotopic (exact) mass is 430 g/mol. The van der Waals surface area contributed by atoms with Gasteiger partial charge in [0.2, 0.25) is 11.9 Å². The molecule has 2 heterocycles. The van der Waals surface area contributed by atoms with Gasteiger partial charge < -0.3 is 43.9 Å². The Bertz CT molecular complexity index is 576. The van der Waals surface area contributed by atoms with Crippen molar-refractivity contribution >= 4 is 41.0 Å². The molecule has 0 aromatic carbocycles. The van der Waals surface area contributed by atoms with Crippen molar-refractivity contribution in [3.63, 3.8) is 0 Å². The van der Waals surface area contributed by atoms with Crippen LogP contribution in [0.25, 0.3) is 0 Å². The molecule has 8 nitrogen and oxygen atoms in total. The van der Waals surface area contributed by atoms with Crippen molar-refractivity contribution in [2.45, 2.75) is 51.6 Å². The zero-order chi connectivity index (χ0) is 19.2. The van der Waals surface area contributed by atoms with Gasteiger partial charge in [0.05, 0.1) is 13.2 Å². The molecule has 1 N–H and O–H groups in total. The second-order valence-electron chi connectivity index (χ2n) is 6.00. The number of carbonyl (C=O) groups is 3. The van der Waals surface area contributed by atoms with Gasteiger partial charge in [-0.1, -0.05) is 13.2 Å². The van der Waals surface area contributed by atoms with Crippen LogP contribution in [0.1, 0.15) is 33.6 Å². The molecule has 0 spiro atoms. The Labute approximate surface area is 188 Å². The Morgan fingerprint density at radius 2 is 1.61 bits per heavy atom. The number of ether oxygens (including phenoxy) is 4. The first-order valence-corrected chi connectivity index (χ1v) is 7.80. The molecular formula is C18H27ClMgO8. The molecule has 2 fully saturated rings. The van der Waals surface area contributed by atoms with Crippen LogP contribution < -0.4 is 12.4 Å². The molecule has 3 unspecified atom stereocenters. The first kappa shape index (κ1) is 31.6. The van der Waals surface area contributed by atoms with Gasteiger partial charge in [0.25, 0.3) is 0 Å². The minimum atomic E-state index is -1.36. The maximum Gasteiger partial charge on any atom is 2.00 e. The van der Waals surface area contributed by atoms with Gasteiger partial charge in [0, 0.05) is 24.0 Å². The van der Waals surface area contributed by atoms with Crippen LogP contribution in [-0.2, 0) is 33.3 Å². The largest absolute Gasteiger partial charge is 2.00 e. The van der Waals surface area contributed by atoms with E-state index < -0.39 is 35.9 Å². The predicted molar refractivity (Wildman–Crippen MR) is 98.3 cm³/mol. The molecule has 0 aliphatic carbocycles. The molecule has 2 saturated heterocycles. The van der Waals surface area contributed by atoms with E-state index in [1.165, 1.54) is 13.8 Å². The van der Waals surface area contributed by atoms with Gasteiger partial charge in [0.15, 0.2) is 6.10 Å². The fraction of sp³-hybridized carbons (Fsp3) is 0.556. The third-order valence-corrected chi connectivity index (χ3v) is 3.45. The molecular weight excluding hydrogens is 404 g/mol. The Morgan fingerprint density at radius 3 is 1.96 bits per heavy atom. The average molecular weight is 431 g/mol. The van der Waals surface area contributed by atoms with Gasteiger partial charge in [-0.15, -0.1) is 0 Å². The topological polar surface area (TPSA) is 108 Å². The summed E-state index contributed by atoms with van der Waals surface area (Å²) in [5.41, 5.74) is 0.609. The van der Waals surface area contributed by atoms with E-state index in [1.807, 2.05) is 0 Å². The van der Waals surface area contributed by atoms with Crippen molar-refractivity contribution in [1.29, 1.82) is 0 Å². The molecule has 2 aliphatic heterocycles. The molecule has 0 amide bonds. The van der Waals surface area contributed by atoms with Gasteiger partial charge in [-0.2, -0.15) is 0 Å². The van der Waals surface area contributed by atoms with Gasteiger partial charge in [-0.25, -0.2) is 14.4 Å². The number of hydrogen-bond acceptors (Lipinski definition) is 8. The van der Waals surface area contributed by atoms with Gasteiger partial charge >= 0.3 is 41.0 Å². The first-order chi connectivity index (χ1) is 11.5. The zero-order valence-corrected chi connectivity index (χ0v) is 19.0. The van der Waals surface area contributed by atoms with Crippen molar-refractivity contribution in [3.8, 4) is 0 Å². The van der Waals surface area contributed by atoms with E-state index in [0.29, 0.717) is 31.6 Å². The summed E-state index contributed by atoms with van der Waals surface area (Å²) in [5.74, 6) is -2.86. The SMILES string of the molecule is C=C(C)C(=O)OC1CCOC1(C)O.C=C(C)C(=O)OC1CCOC1=O.[CH3-].[Cl-].[Mg+2]. The predicted octanol–water partition coefficient (Wildman–Crippen LogP) is -1.90. The normalized spacial score (nSPS) is 24.6. The van der Waals surface area contributed by atoms with E-state index in [9.17, 15) is 19.5 Å². The second kappa shape index (κ2) is 13.9. The standard InChI is InChI=1S/C9H14O4.C8H10O4.CH3.ClH.Mg/c1-6(2)8(10)13-7-4-5-12-9(7,3)11;1-5(2)7(9)12-6-3-4-11-8(6)10;;;/h7,11H,1,4-5H2,2-3H3;6H,1,3-4H2,2H3;1H3;1H;/q;;-1;;+2/p-1. The molecule has 28 heavy (non-hydrogen) atoms. The van der Waals surface area contributed by atoms with Crippen LogP contribution in [0.2, 0.25) is 0 Å². The van der Waals surface area contributed by atoms with E-state index >= 15 is 0 Å². The molecule has 0 bridgehead atoms. The molecule has 0 radical (unpaired) electrons. The number of esters is 3. The van der Waals surface area contributed by atoms with Crippen molar-refractivity contribution in [1.82, 2.24) is 0 Å². The Balaban J connectivity index is -0.000000404. The number of carbonyl (C=O) groups excluding carboxylic acids is 3. The Morgan fingerprint density at radius 1 is 1.11 bits per heavy atom. The maximum absolute atomic E-state index is 11.1. The fourth-order valence-electron chi connectivity index (χ4n) is 1.95. The van der Waals surface area contributed by atoms with Crippen LogP contribution in [0.3, 0.4) is 0 Å². The fourth-order valence-corrected chi connectivity index (χ4v) is 1.95. The quantitative estimate of drug-likeness (QED) is 0.181. The average Bonchev–Trinajstić information content (AvgIpc) is 3.05. The number of cyclic esters (lactones) is 1. The van der Waals surface area contributed by atoms with Crippen LogP contribution >= 0.6 is 0 Å². The van der Waals surface area contributed by atoms with Gasteiger partial charge in [-0.3, -0.25) is 0 Å². The van der Waals surface area contributed by atoms with Crippen molar-refractivity contribution in [2.75, 3.05) is 13.2 Å². The van der Waals surface area contributed by atoms with Crippen LogP contribution in [0.4, 0.5) is 0 Å². The van der Waals surface area contributed by atoms with E-state index in [2.05, 4.69) is 17.9 Å². The minimum absolute atomic E-state index is 0. The van der Waals surface area contributed by atoms with E-state index in [0.717, 1.165) is 0 Å².